The van der Waals surface area contributed by atoms with Gasteiger partial charge in [-0.05, 0) is 18.3 Å². The zero-order valence-corrected chi connectivity index (χ0v) is 11.6. The van der Waals surface area contributed by atoms with Crippen molar-refractivity contribution in [1.82, 2.24) is 5.32 Å². The van der Waals surface area contributed by atoms with E-state index in [9.17, 15) is 0 Å². The molecule has 0 fully saturated rings. The smallest absolute Gasteiger partial charge is 0.0700 e. The minimum atomic E-state index is 0.345. The van der Waals surface area contributed by atoms with Crippen molar-refractivity contribution in [1.29, 1.82) is 0 Å². The summed E-state index contributed by atoms with van der Waals surface area (Å²) in [4.78, 5) is 0. The van der Waals surface area contributed by atoms with Gasteiger partial charge in [-0.2, -0.15) is 0 Å². The van der Waals surface area contributed by atoms with Crippen LogP contribution in [-0.4, -0.2) is 39.5 Å². The van der Waals surface area contributed by atoms with Crippen LogP contribution < -0.4 is 5.32 Å². The van der Waals surface area contributed by atoms with Crippen LogP contribution in [0.25, 0.3) is 0 Å². The van der Waals surface area contributed by atoms with Gasteiger partial charge in [0.25, 0.3) is 0 Å². The lowest BCUT2D eigenvalue weighted by Gasteiger charge is -2.29. The molecule has 0 heterocycles. The Labute approximate surface area is 101 Å². The molecule has 0 amide bonds. The molecule has 1 atom stereocenters. The Balaban J connectivity index is 3.69. The van der Waals surface area contributed by atoms with Gasteiger partial charge in [-0.3, -0.25) is 0 Å². The molecule has 3 heteroatoms. The lowest BCUT2D eigenvalue weighted by atomic mass is 9.84. The second kappa shape index (κ2) is 8.97. The first-order valence-corrected chi connectivity index (χ1v) is 6.34. The summed E-state index contributed by atoms with van der Waals surface area (Å²) < 4.78 is 10.5. The summed E-state index contributed by atoms with van der Waals surface area (Å²) in [5, 5.41) is 3.51. The van der Waals surface area contributed by atoms with Gasteiger partial charge in [0, 0.05) is 26.3 Å². The minimum Gasteiger partial charge on any atom is -0.382 e. The van der Waals surface area contributed by atoms with E-state index in [1.54, 1.807) is 7.11 Å². The topological polar surface area (TPSA) is 30.5 Å². The third-order valence-corrected chi connectivity index (χ3v) is 3.07. The Hall–Kier alpha value is -0.120. The van der Waals surface area contributed by atoms with Crippen LogP contribution in [0.4, 0.5) is 0 Å². The van der Waals surface area contributed by atoms with Crippen molar-refractivity contribution in [2.75, 3.05) is 33.5 Å². The predicted molar refractivity (Wildman–Crippen MR) is 68.8 cm³/mol. The molecule has 1 unspecified atom stereocenters. The standard InChI is InChI=1S/C13H29NO2/c1-6-13(4,11-14-12(2)3)7-8-16-10-9-15-5/h12,14H,6-11H2,1-5H3. The summed E-state index contributed by atoms with van der Waals surface area (Å²) in [6.45, 7) is 12.2. The van der Waals surface area contributed by atoms with E-state index in [-0.39, 0.29) is 0 Å². The van der Waals surface area contributed by atoms with E-state index in [1.807, 2.05) is 0 Å². The van der Waals surface area contributed by atoms with E-state index in [4.69, 9.17) is 9.47 Å². The number of methoxy groups -OCH3 is 1. The third-order valence-electron chi connectivity index (χ3n) is 3.07. The molecule has 0 aromatic heterocycles. The van der Waals surface area contributed by atoms with Crippen LogP contribution in [0, 0.1) is 5.41 Å². The van der Waals surface area contributed by atoms with Crippen LogP contribution in [0.1, 0.15) is 40.5 Å². The predicted octanol–water partition coefficient (Wildman–Crippen LogP) is 2.45. The van der Waals surface area contributed by atoms with Crippen LogP contribution in [-0.2, 0) is 9.47 Å². The first-order chi connectivity index (χ1) is 7.54. The average molecular weight is 231 g/mol. The van der Waals surface area contributed by atoms with Gasteiger partial charge in [0.05, 0.1) is 13.2 Å². The minimum absolute atomic E-state index is 0.345. The Morgan fingerprint density at radius 3 is 2.38 bits per heavy atom. The van der Waals surface area contributed by atoms with E-state index in [1.165, 1.54) is 6.42 Å². The highest BCUT2D eigenvalue weighted by Gasteiger charge is 2.21. The molecule has 0 bridgehead atoms. The number of hydrogen-bond acceptors (Lipinski definition) is 3. The molecule has 0 aliphatic rings. The first kappa shape index (κ1) is 15.9. The molecule has 0 aromatic carbocycles. The van der Waals surface area contributed by atoms with Gasteiger partial charge < -0.3 is 14.8 Å². The fraction of sp³-hybridized carbons (Fsp3) is 1.00. The Kier molecular flexibility index (Phi) is 8.90. The van der Waals surface area contributed by atoms with E-state index >= 15 is 0 Å². The van der Waals surface area contributed by atoms with Gasteiger partial charge >= 0.3 is 0 Å². The highest BCUT2D eigenvalue weighted by Crippen LogP contribution is 2.24. The van der Waals surface area contributed by atoms with E-state index in [2.05, 4.69) is 33.0 Å². The molecule has 0 rings (SSSR count). The summed E-state index contributed by atoms with van der Waals surface area (Å²) in [6.07, 6.45) is 2.29. The van der Waals surface area contributed by atoms with Crippen molar-refractivity contribution >= 4 is 0 Å². The average Bonchev–Trinajstić information content (AvgIpc) is 2.26. The number of ether oxygens (including phenoxy) is 2. The van der Waals surface area contributed by atoms with Crippen LogP contribution in [0.2, 0.25) is 0 Å². The molecule has 0 saturated carbocycles. The van der Waals surface area contributed by atoms with Gasteiger partial charge in [0.15, 0.2) is 0 Å². The third kappa shape index (κ3) is 8.08. The molecule has 0 saturated heterocycles. The fourth-order valence-corrected chi connectivity index (χ4v) is 1.40. The van der Waals surface area contributed by atoms with Gasteiger partial charge in [-0.25, -0.2) is 0 Å². The molecular weight excluding hydrogens is 202 g/mol. The van der Waals surface area contributed by atoms with Gasteiger partial charge in [0.1, 0.15) is 0 Å². The normalized spacial score (nSPS) is 15.4. The van der Waals surface area contributed by atoms with E-state index < -0.39 is 0 Å². The first-order valence-electron chi connectivity index (χ1n) is 6.34. The van der Waals surface area contributed by atoms with E-state index in [0.717, 1.165) is 19.6 Å². The molecule has 0 aliphatic heterocycles. The molecule has 0 radical (unpaired) electrons. The highest BCUT2D eigenvalue weighted by atomic mass is 16.5. The van der Waals surface area contributed by atoms with Crippen molar-refractivity contribution in [2.45, 2.75) is 46.6 Å². The Bertz CT molecular complexity index is 162. The molecule has 1 N–H and O–H groups in total. The SMILES string of the molecule is CCC(C)(CCOCCOC)CNC(C)C. The maximum Gasteiger partial charge on any atom is 0.0700 e. The van der Waals surface area contributed by atoms with Crippen molar-refractivity contribution < 1.29 is 9.47 Å². The van der Waals surface area contributed by atoms with Gasteiger partial charge in [-0.15, -0.1) is 0 Å². The van der Waals surface area contributed by atoms with Crippen molar-refractivity contribution in [2.24, 2.45) is 5.41 Å². The Morgan fingerprint density at radius 1 is 1.19 bits per heavy atom. The Morgan fingerprint density at radius 2 is 1.88 bits per heavy atom. The van der Waals surface area contributed by atoms with Crippen LogP contribution in [0.3, 0.4) is 0 Å². The molecule has 3 nitrogen and oxygen atoms in total. The maximum absolute atomic E-state index is 5.53. The van der Waals surface area contributed by atoms with Gasteiger partial charge in [0.2, 0.25) is 0 Å². The zero-order chi connectivity index (χ0) is 12.4. The summed E-state index contributed by atoms with van der Waals surface area (Å²) >= 11 is 0. The zero-order valence-electron chi connectivity index (χ0n) is 11.6. The molecule has 0 aliphatic carbocycles. The van der Waals surface area contributed by atoms with Crippen molar-refractivity contribution in [3.05, 3.63) is 0 Å². The molecule has 16 heavy (non-hydrogen) atoms. The second-order valence-corrected chi connectivity index (χ2v) is 5.05. The number of hydrogen-bond donors (Lipinski definition) is 1. The van der Waals surface area contributed by atoms with Gasteiger partial charge in [-0.1, -0.05) is 27.7 Å². The lowest BCUT2D eigenvalue weighted by molar-refractivity contribution is 0.0524. The fourth-order valence-electron chi connectivity index (χ4n) is 1.40. The molecular formula is C13H29NO2. The number of nitrogens with one attached hydrogen (secondary N) is 1. The van der Waals surface area contributed by atoms with Crippen LogP contribution in [0.15, 0.2) is 0 Å². The lowest BCUT2D eigenvalue weighted by Crippen LogP contribution is -2.36. The summed E-state index contributed by atoms with van der Waals surface area (Å²) in [6, 6.07) is 0.556. The van der Waals surface area contributed by atoms with Crippen molar-refractivity contribution in [3.63, 3.8) is 0 Å². The van der Waals surface area contributed by atoms with Crippen LogP contribution >= 0.6 is 0 Å². The quantitative estimate of drug-likeness (QED) is 0.586. The summed E-state index contributed by atoms with van der Waals surface area (Å²) in [7, 11) is 1.70. The largest absolute Gasteiger partial charge is 0.382 e. The van der Waals surface area contributed by atoms with E-state index in [0.29, 0.717) is 24.7 Å². The summed E-state index contributed by atoms with van der Waals surface area (Å²) in [5.74, 6) is 0. The highest BCUT2D eigenvalue weighted by molar-refractivity contribution is 4.76. The van der Waals surface area contributed by atoms with Crippen molar-refractivity contribution in [3.8, 4) is 0 Å². The molecule has 0 aromatic rings. The molecule has 98 valence electrons. The number of rotatable bonds is 10. The monoisotopic (exact) mass is 231 g/mol. The molecule has 0 spiro atoms. The second-order valence-electron chi connectivity index (χ2n) is 5.05. The maximum atomic E-state index is 5.53. The summed E-state index contributed by atoms with van der Waals surface area (Å²) in [5.41, 5.74) is 0.345. The van der Waals surface area contributed by atoms with Crippen LogP contribution in [0.5, 0.6) is 0 Å².